The lowest BCUT2D eigenvalue weighted by molar-refractivity contribution is -0.0156. The minimum Gasteiger partial charge on any atom is -0.491 e. The monoisotopic (exact) mass is 386 g/mol. The van der Waals surface area contributed by atoms with Gasteiger partial charge in [0.1, 0.15) is 42.4 Å². The van der Waals surface area contributed by atoms with E-state index in [1.165, 1.54) is 6.33 Å². The molecule has 1 saturated heterocycles. The van der Waals surface area contributed by atoms with Crippen LogP contribution in [-0.4, -0.2) is 32.2 Å². The fourth-order valence-electron chi connectivity index (χ4n) is 3.68. The van der Waals surface area contributed by atoms with Gasteiger partial charge >= 0.3 is 0 Å². The van der Waals surface area contributed by atoms with Gasteiger partial charge in [-0.1, -0.05) is 0 Å². The molecule has 3 aromatic heterocycles. The van der Waals surface area contributed by atoms with Crippen molar-refractivity contribution in [2.75, 3.05) is 12.3 Å². The second kappa shape index (κ2) is 7.04. The predicted octanol–water partition coefficient (Wildman–Crippen LogP) is 3.19. The zero-order chi connectivity index (χ0) is 19.8. The number of pyridine rings is 1. The van der Waals surface area contributed by atoms with Crippen molar-refractivity contribution in [1.29, 1.82) is 5.26 Å². The summed E-state index contributed by atoms with van der Waals surface area (Å²) in [6, 6.07) is 11.5. The van der Waals surface area contributed by atoms with Crippen LogP contribution in [0.5, 0.6) is 5.75 Å². The van der Waals surface area contributed by atoms with Crippen molar-refractivity contribution in [3.05, 3.63) is 54.6 Å². The second-order valence-corrected chi connectivity index (χ2v) is 7.01. The van der Waals surface area contributed by atoms with Gasteiger partial charge < -0.3 is 19.8 Å². The normalized spacial score (nSPS) is 18.9. The maximum absolute atomic E-state index is 8.98. The molecule has 4 aromatic rings. The van der Waals surface area contributed by atoms with Crippen LogP contribution in [0, 0.1) is 11.3 Å². The van der Waals surface area contributed by atoms with Crippen LogP contribution in [0.2, 0.25) is 0 Å². The van der Waals surface area contributed by atoms with Crippen LogP contribution in [0.1, 0.15) is 24.6 Å². The van der Waals surface area contributed by atoms with E-state index in [9.17, 15) is 0 Å². The lowest BCUT2D eigenvalue weighted by Crippen LogP contribution is -2.18. The predicted molar refractivity (Wildman–Crippen MR) is 107 cm³/mol. The molecule has 0 saturated carbocycles. The molecule has 1 aromatic carbocycles. The lowest BCUT2D eigenvalue weighted by Gasteiger charge is -2.16. The first kappa shape index (κ1) is 17.4. The van der Waals surface area contributed by atoms with Crippen LogP contribution in [-0.2, 0) is 4.74 Å². The third kappa shape index (κ3) is 3.22. The van der Waals surface area contributed by atoms with Crippen molar-refractivity contribution in [3.8, 4) is 11.8 Å². The van der Waals surface area contributed by atoms with Crippen molar-refractivity contribution in [1.82, 2.24) is 19.5 Å². The number of nitriles is 1. The minimum atomic E-state index is -0.0990. The lowest BCUT2D eigenvalue weighted by atomic mass is 10.1. The zero-order valence-electron chi connectivity index (χ0n) is 15.5. The number of nitrogen functional groups attached to an aromatic ring is 1. The van der Waals surface area contributed by atoms with Crippen LogP contribution in [0.3, 0.4) is 0 Å². The number of ether oxygens (including phenoxy) is 2. The average Bonchev–Trinajstić information content (AvgIpc) is 3.39. The molecule has 1 aliphatic rings. The van der Waals surface area contributed by atoms with Crippen LogP contribution in [0.25, 0.3) is 21.9 Å². The van der Waals surface area contributed by atoms with Gasteiger partial charge in [0.05, 0.1) is 22.6 Å². The van der Waals surface area contributed by atoms with Gasteiger partial charge in [-0.3, -0.25) is 4.98 Å². The number of nitrogens with zero attached hydrogens (tertiary/aromatic N) is 5. The maximum Gasteiger partial charge on any atom is 0.147 e. The number of fused-ring (bicyclic) bond motifs is 2. The Balaban J connectivity index is 1.26. The fourth-order valence-corrected chi connectivity index (χ4v) is 3.68. The molecule has 4 heterocycles. The van der Waals surface area contributed by atoms with Gasteiger partial charge in [0.2, 0.25) is 0 Å². The van der Waals surface area contributed by atoms with E-state index in [0.717, 1.165) is 40.5 Å². The first-order chi connectivity index (χ1) is 14.2. The molecule has 1 aliphatic heterocycles. The van der Waals surface area contributed by atoms with E-state index >= 15 is 0 Å². The first-order valence-corrected chi connectivity index (χ1v) is 9.36. The summed E-state index contributed by atoms with van der Waals surface area (Å²) in [6.07, 6.45) is 6.62. The number of rotatable bonds is 4. The fraction of sp³-hybridized carbons (Fsp3) is 0.238. The number of aromatic nitrogens is 4. The Labute approximate surface area is 166 Å². The summed E-state index contributed by atoms with van der Waals surface area (Å²) in [6.45, 7) is 0.453. The molecule has 2 atom stereocenters. The van der Waals surface area contributed by atoms with Crippen LogP contribution >= 0.6 is 0 Å². The molecule has 0 radical (unpaired) electrons. The van der Waals surface area contributed by atoms with Gasteiger partial charge in [0.25, 0.3) is 0 Å². The van der Waals surface area contributed by atoms with Crippen LogP contribution < -0.4 is 10.5 Å². The molecule has 0 bridgehead atoms. The molecule has 8 heteroatoms. The van der Waals surface area contributed by atoms with Crippen molar-refractivity contribution in [3.63, 3.8) is 0 Å². The standard InChI is InChI=1S/C21H18N6O2/c22-9-13-7-14-1-2-15(8-18(14)24-10-13)28-11-16-3-4-19(29-16)27-6-5-17-20(23)25-12-26-21(17)27/h1-2,5-8,10,12,16,19H,3-4,11H2,(H2,23,25,26)/t16-,19+/m0/s1. The number of anilines is 1. The van der Waals surface area contributed by atoms with Crippen molar-refractivity contribution in [2.24, 2.45) is 0 Å². The van der Waals surface area contributed by atoms with E-state index in [1.807, 2.05) is 41.1 Å². The summed E-state index contributed by atoms with van der Waals surface area (Å²) < 4.78 is 14.1. The summed E-state index contributed by atoms with van der Waals surface area (Å²) in [4.78, 5) is 12.7. The molecule has 5 rings (SSSR count). The molecule has 0 unspecified atom stereocenters. The van der Waals surface area contributed by atoms with E-state index in [2.05, 4.69) is 21.0 Å². The van der Waals surface area contributed by atoms with Crippen molar-refractivity contribution < 1.29 is 9.47 Å². The Kier molecular flexibility index (Phi) is 4.22. The topological polar surface area (TPSA) is 112 Å². The highest BCUT2D eigenvalue weighted by molar-refractivity contribution is 5.86. The maximum atomic E-state index is 8.98. The Morgan fingerprint density at radius 1 is 1.21 bits per heavy atom. The SMILES string of the molecule is N#Cc1cnc2cc(OC[C@@H]3CC[C@H](n4ccc5c(N)ncnc54)O3)ccc2c1. The third-order valence-corrected chi connectivity index (χ3v) is 5.16. The molecule has 144 valence electrons. The van der Waals surface area contributed by atoms with Crippen molar-refractivity contribution >= 4 is 27.8 Å². The summed E-state index contributed by atoms with van der Waals surface area (Å²) >= 11 is 0. The van der Waals surface area contributed by atoms with E-state index in [4.69, 9.17) is 20.5 Å². The Hall–Kier alpha value is -3.70. The first-order valence-electron chi connectivity index (χ1n) is 9.36. The third-order valence-electron chi connectivity index (χ3n) is 5.16. The summed E-state index contributed by atoms with van der Waals surface area (Å²) in [5, 5.41) is 10.7. The second-order valence-electron chi connectivity index (χ2n) is 7.01. The van der Waals surface area contributed by atoms with Crippen molar-refractivity contribution in [2.45, 2.75) is 25.2 Å². The average molecular weight is 386 g/mol. The molecule has 2 N–H and O–H groups in total. The molecule has 0 amide bonds. The Bertz CT molecular complexity index is 1250. The summed E-state index contributed by atoms with van der Waals surface area (Å²) in [7, 11) is 0. The van der Waals surface area contributed by atoms with Crippen LogP contribution in [0.4, 0.5) is 5.82 Å². The molecule has 0 aliphatic carbocycles. The summed E-state index contributed by atoms with van der Waals surface area (Å²) in [5.74, 6) is 1.20. The van der Waals surface area contributed by atoms with E-state index in [-0.39, 0.29) is 12.3 Å². The number of hydrogen-bond acceptors (Lipinski definition) is 7. The van der Waals surface area contributed by atoms with E-state index < -0.39 is 0 Å². The highest BCUT2D eigenvalue weighted by Gasteiger charge is 2.28. The minimum absolute atomic E-state index is 0.0127. The molecule has 0 spiro atoms. The molecule has 8 nitrogen and oxygen atoms in total. The van der Waals surface area contributed by atoms with E-state index in [1.54, 1.807) is 6.20 Å². The van der Waals surface area contributed by atoms with Gasteiger partial charge in [-0.25, -0.2) is 9.97 Å². The van der Waals surface area contributed by atoms with Gasteiger partial charge in [-0.2, -0.15) is 5.26 Å². The highest BCUT2D eigenvalue weighted by Crippen LogP contribution is 2.32. The smallest absolute Gasteiger partial charge is 0.147 e. The van der Waals surface area contributed by atoms with Crippen LogP contribution in [0.15, 0.2) is 49.1 Å². The van der Waals surface area contributed by atoms with Gasteiger partial charge in [0.15, 0.2) is 0 Å². The van der Waals surface area contributed by atoms with E-state index in [0.29, 0.717) is 18.0 Å². The largest absolute Gasteiger partial charge is 0.491 e. The number of hydrogen-bond donors (Lipinski definition) is 1. The summed E-state index contributed by atoms with van der Waals surface area (Å²) in [5.41, 5.74) is 8.03. The number of benzene rings is 1. The van der Waals surface area contributed by atoms with Gasteiger partial charge in [-0.05, 0) is 37.1 Å². The zero-order valence-corrected chi connectivity index (χ0v) is 15.5. The van der Waals surface area contributed by atoms with Gasteiger partial charge in [-0.15, -0.1) is 0 Å². The highest BCUT2D eigenvalue weighted by atomic mass is 16.6. The molecule has 1 fully saturated rings. The molecular formula is C21H18N6O2. The molecular weight excluding hydrogens is 368 g/mol. The number of nitrogens with two attached hydrogens (primary N) is 1. The Morgan fingerprint density at radius 3 is 3.03 bits per heavy atom. The molecule has 29 heavy (non-hydrogen) atoms. The Morgan fingerprint density at radius 2 is 2.14 bits per heavy atom. The van der Waals surface area contributed by atoms with Gasteiger partial charge in [0, 0.05) is 23.8 Å². The quantitative estimate of drug-likeness (QED) is 0.573.